The molecule has 0 aliphatic carbocycles. The molecule has 0 amide bonds. The highest BCUT2D eigenvalue weighted by Crippen LogP contribution is 2.45. The molecule has 19 heteroatoms. The molecular formula is C79H154O17P2. The molecule has 0 saturated carbocycles. The van der Waals surface area contributed by atoms with Gasteiger partial charge in [0.2, 0.25) is 0 Å². The van der Waals surface area contributed by atoms with Crippen LogP contribution < -0.4 is 0 Å². The fraction of sp³-hybridized carbons (Fsp3) is 0.949. The summed E-state index contributed by atoms with van der Waals surface area (Å²) in [6, 6.07) is 0. The average molecular weight is 1440 g/mol. The number of phosphoric acid groups is 2. The van der Waals surface area contributed by atoms with Crippen molar-refractivity contribution in [3.8, 4) is 0 Å². The molecule has 0 bridgehead atoms. The van der Waals surface area contributed by atoms with E-state index in [9.17, 15) is 43.2 Å². The second kappa shape index (κ2) is 69.4. The Morgan fingerprint density at radius 2 is 0.469 bits per heavy atom. The number of aliphatic hydroxyl groups is 1. The Hall–Kier alpha value is -1.94. The molecule has 2 unspecified atom stereocenters. The zero-order valence-corrected chi connectivity index (χ0v) is 66.0. The molecule has 0 aromatic carbocycles. The van der Waals surface area contributed by atoms with Crippen molar-refractivity contribution in [1.29, 1.82) is 0 Å². The van der Waals surface area contributed by atoms with Crippen molar-refractivity contribution in [1.82, 2.24) is 0 Å². The number of hydrogen-bond acceptors (Lipinski definition) is 15. The summed E-state index contributed by atoms with van der Waals surface area (Å²) in [6.07, 6.45) is 57.6. The lowest BCUT2D eigenvalue weighted by molar-refractivity contribution is -0.161. The van der Waals surface area contributed by atoms with E-state index in [0.29, 0.717) is 25.7 Å². The third-order valence-corrected chi connectivity index (χ3v) is 20.3. The maximum absolute atomic E-state index is 13.1. The van der Waals surface area contributed by atoms with Gasteiger partial charge in [0.25, 0.3) is 0 Å². The molecule has 5 atom stereocenters. The highest BCUT2D eigenvalue weighted by atomic mass is 31.2. The first kappa shape index (κ1) is 96.1. The molecule has 0 fully saturated rings. The van der Waals surface area contributed by atoms with Crippen molar-refractivity contribution < 1.29 is 80.2 Å². The van der Waals surface area contributed by atoms with E-state index in [4.69, 9.17) is 37.0 Å². The van der Waals surface area contributed by atoms with Crippen LogP contribution in [0.5, 0.6) is 0 Å². The van der Waals surface area contributed by atoms with Gasteiger partial charge in [-0.15, -0.1) is 0 Å². The van der Waals surface area contributed by atoms with Crippen molar-refractivity contribution in [2.24, 2.45) is 17.8 Å². The van der Waals surface area contributed by atoms with Crippen LogP contribution in [0.2, 0.25) is 0 Å². The van der Waals surface area contributed by atoms with E-state index in [-0.39, 0.29) is 25.7 Å². The summed E-state index contributed by atoms with van der Waals surface area (Å²) in [6.45, 7) is 11.9. The van der Waals surface area contributed by atoms with E-state index in [1.165, 1.54) is 212 Å². The minimum Gasteiger partial charge on any atom is -0.462 e. The van der Waals surface area contributed by atoms with Gasteiger partial charge < -0.3 is 33.8 Å². The fourth-order valence-corrected chi connectivity index (χ4v) is 13.7. The molecule has 0 aliphatic rings. The standard InChI is InChI=1S/C79H154O17P2/c1-8-9-10-43-53-60-76(81)89-66-74(95-79(84)63-56-49-42-36-35-39-46-52-59-72(6)7)68-93-97(85,86)91-64-73(80)65-92-98(87,88)94-69-75(96-78(83)62-55-48-41-34-30-26-22-18-14-12-16-20-24-28-32-38-45-51-58-71(4)5)67-90-77(82)61-54-47-40-33-29-25-21-17-13-11-15-19-23-27-31-37-44-50-57-70(2)3/h70-75,80H,8-69H2,1-7H3,(H,85,86)(H,87,88)/t73-,74+,75+/m0/s1. The van der Waals surface area contributed by atoms with Crippen LogP contribution in [0.15, 0.2) is 0 Å². The Balaban J connectivity index is 5.10. The minimum absolute atomic E-state index is 0.104. The van der Waals surface area contributed by atoms with Crippen LogP contribution in [0.4, 0.5) is 0 Å². The van der Waals surface area contributed by atoms with Gasteiger partial charge in [-0.05, 0) is 43.4 Å². The number of hydrogen-bond donors (Lipinski definition) is 3. The highest BCUT2D eigenvalue weighted by molar-refractivity contribution is 7.47. The van der Waals surface area contributed by atoms with E-state index < -0.39 is 97.5 Å². The summed E-state index contributed by atoms with van der Waals surface area (Å²) in [5.74, 6) is 0.234. The molecule has 0 saturated heterocycles. The maximum atomic E-state index is 13.1. The topological polar surface area (TPSA) is 237 Å². The average Bonchev–Trinajstić information content (AvgIpc) is 1.30. The predicted octanol–water partition coefficient (Wildman–Crippen LogP) is 23.4. The number of esters is 4. The smallest absolute Gasteiger partial charge is 0.462 e. The third-order valence-electron chi connectivity index (χ3n) is 18.4. The lowest BCUT2D eigenvalue weighted by Crippen LogP contribution is -2.30. The first-order chi connectivity index (χ1) is 47.2. The normalized spacial score (nSPS) is 14.0. The number of ether oxygens (including phenoxy) is 4. The van der Waals surface area contributed by atoms with Crippen LogP contribution in [-0.2, 0) is 65.4 Å². The van der Waals surface area contributed by atoms with Crippen molar-refractivity contribution in [2.45, 2.75) is 426 Å². The van der Waals surface area contributed by atoms with Gasteiger partial charge in [-0.1, -0.05) is 357 Å². The van der Waals surface area contributed by atoms with Crippen LogP contribution in [0.3, 0.4) is 0 Å². The summed E-state index contributed by atoms with van der Waals surface area (Å²) in [4.78, 5) is 72.6. The summed E-state index contributed by atoms with van der Waals surface area (Å²) in [5.41, 5.74) is 0. The number of phosphoric ester groups is 2. The van der Waals surface area contributed by atoms with Gasteiger partial charge in [-0.3, -0.25) is 37.3 Å². The third kappa shape index (κ3) is 72.4. The van der Waals surface area contributed by atoms with Crippen molar-refractivity contribution in [3.63, 3.8) is 0 Å². The Bertz CT molecular complexity index is 1900. The quantitative estimate of drug-likeness (QED) is 0.0222. The van der Waals surface area contributed by atoms with E-state index in [1.54, 1.807) is 0 Å². The maximum Gasteiger partial charge on any atom is 0.472 e. The molecule has 0 radical (unpaired) electrons. The summed E-state index contributed by atoms with van der Waals surface area (Å²) in [7, 11) is -9.90. The van der Waals surface area contributed by atoms with Crippen LogP contribution in [0, 0.1) is 17.8 Å². The minimum atomic E-state index is -4.96. The molecule has 3 N–H and O–H groups in total. The van der Waals surface area contributed by atoms with Gasteiger partial charge in [-0.25, -0.2) is 9.13 Å². The lowest BCUT2D eigenvalue weighted by atomic mass is 10.0. The first-order valence-electron chi connectivity index (χ1n) is 40.8. The predicted molar refractivity (Wildman–Crippen MR) is 400 cm³/mol. The SMILES string of the molecule is CCCCCCCC(=O)OC[C@H](COP(=O)(O)OC[C@H](O)COP(=O)(O)OC[C@@H](COC(=O)CCCCCCCCCCCCCCCCCCCCC(C)C)OC(=O)CCCCCCCCCCCCCCCCCCCCC(C)C)OC(=O)CCCCCCCCCCC(C)C. The van der Waals surface area contributed by atoms with Crippen molar-refractivity contribution >= 4 is 39.5 Å². The Labute approximate surface area is 600 Å². The second-order valence-electron chi connectivity index (χ2n) is 29.9. The number of unbranched alkanes of at least 4 members (excludes halogenated alkanes) is 45. The number of rotatable bonds is 77. The van der Waals surface area contributed by atoms with E-state index >= 15 is 0 Å². The summed E-state index contributed by atoms with van der Waals surface area (Å²) < 4.78 is 68.3. The van der Waals surface area contributed by atoms with Crippen LogP contribution in [0.1, 0.15) is 408 Å². The van der Waals surface area contributed by atoms with Gasteiger partial charge in [0.15, 0.2) is 12.2 Å². The molecule has 0 rings (SSSR count). The van der Waals surface area contributed by atoms with Gasteiger partial charge in [0, 0.05) is 25.7 Å². The van der Waals surface area contributed by atoms with Gasteiger partial charge >= 0.3 is 39.5 Å². The zero-order chi connectivity index (χ0) is 72.3. The number of carbonyl (C=O) groups excluding carboxylic acids is 4. The van der Waals surface area contributed by atoms with Crippen molar-refractivity contribution in [3.05, 3.63) is 0 Å². The molecule has 0 aromatic rings. The van der Waals surface area contributed by atoms with Gasteiger partial charge in [-0.2, -0.15) is 0 Å². The first-order valence-corrected chi connectivity index (χ1v) is 43.8. The van der Waals surface area contributed by atoms with Crippen LogP contribution >= 0.6 is 15.6 Å². The molecule has 98 heavy (non-hydrogen) atoms. The Morgan fingerprint density at radius 1 is 0.276 bits per heavy atom. The molecule has 0 aromatic heterocycles. The van der Waals surface area contributed by atoms with E-state index in [2.05, 4.69) is 48.5 Å². The zero-order valence-electron chi connectivity index (χ0n) is 64.3. The fourth-order valence-electron chi connectivity index (χ4n) is 12.1. The van der Waals surface area contributed by atoms with Gasteiger partial charge in [0.05, 0.1) is 26.4 Å². The number of aliphatic hydroxyl groups excluding tert-OH is 1. The molecule has 17 nitrogen and oxygen atoms in total. The monoisotopic (exact) mass is 1440 g/mol. The lowest BCUT2D eigenvalue weighted by Gasteiger charge is -2.21. The summed E-state index contributed by atoms with van der Waals surface area (Å²) >= 11 is 0. The Kier molecular flexibility index (Phi) is 68.1. The number of carbonyl (C=O) groups is 4. The molecular weight excluding hydrogens is 1280 g/mol. The highest BCUT2D eigenvalue weighted by Gasteiger charge is 2.30. The van der Waals surface area contributed by atoms with E-state index in [0.717, 1.165) is 114 Å². The van der Waals surface area contributed by atoms with E-state index in [1.807, 2.05) is 0 Å². The largest absolute Gasteiger partial charge is 0.472 e. The summed E-state index contributed by atoms with van der Waals surface area (Å²) in [5, 5.41) is 10.6. The van der Waals surface area contributed by atoms with Gasteiger partial charge in [0.1, 0.15) is 19.3 Å². The van der Waals surface area contributed by atoms with Crippen LogP contribution in [-0.4, -0.2) is 96.7 Å². The second-order valence-corrected chi connectivity index (χ2v) is 32.8. The molecule has 582 valence electrons. The van der Waals surface area contributed by atoms with Crippen molar-refractivity contribution in [2.75, 3.05) is 39.6 Å². The Morgan fingerprint density at radius 3 is 0.694 bits per heavy atom. The molecule has 0 aliphatic heterocycles. The molecule has 0 spiro atoms. The molecule has 0 heterocycles. The van der Waals surface area contributed by atoms with Crippen LogP contribution in [0.25, 0.3) is 0 Å².